The highest BCUT2D eigenvalue weighted by Crippen LogP contribution is 2.14. The Balaban J connectivity index is 2.15. The number of para-hydroxylation sites is 1. The molecule has 1 rings (SSSR count). The number of nitrogens with one attached hydrogen (secondary N) is 2. The van der Waals surface area contributed by atoms with Gasteiger partial charge in [0.2, 0.25) is 5.91 Å². The monoisotopic (exact) mass is 268 g/mol. The molecule has 1 aromatic carbocycles. The van der Waals surface area contributed by atoms with Crippen molar-refractivity contribution in [3.05, 3.63) is 30.1 Å². The average Bonchev–Trinajstić information content (AvgIpc) is 2.37. The molecule has 0 fully saturated rings. The number of ether oxygens (including phenoxy) is 1. The Morgan fingerprint density at radius 3 is 2.58 bits per heavy atom. The lowest BCUT2D eigenvalue weighted by atomic mass is 10.3. The fourth-order valence-corrected chi connectivity index (χ4v) is 1.34. The second kappa shape index (κ2) is 8.07. The van der Waals surface area contributed by atoms with Crippen molar-refractivity contribution in [1.82, 2.24) is 10.6 Å². The van der Waals surface area contributed by atoms with Crippen LogP contribution in [0.3, 0.4) is 0 Å². The van der Waals surface area contributed by atoms with Gasteiger partial charge in [0.1, 0.15) is 0 Å². The highest BCUT2D eigenvalue weighted by atomic mass is 19.1. The number of halogens is 1. The van der Waals surface area contributed by atoms with Crippen molar-refractivity contribution in [2.24, 2.45) is 0 Å². The van der Waals surface area contributed by atoms with Gasteiger partial charge in [-0.3, -0.25) is 9.59 Å². The zero-order valence-electron chi connectivity index (χ0n) is 10.7. The maximum Gasteiger partial charge on any atom is 0.257 e. The van der Waals surface area contributed by atoms with E-state index in [-0.39, 0.29) is 24.2 Å². The summed E-state index contributed by atoms with van der Waals surface area (Å²) in [6.45, 7) is 2.13. The third kappa shape index (κ3) is 6.40. The molecule has 0 atom stereocenters. The first kappa shape index (κ1) is 14.9. The minimum absolute atomic E-state index is 0.0518. The van der Waals surface area contributed by atoms with E-state index in [1.165, 1.54) is 19.1 Å². The molecule has 0 radical (unpaired) electrons. The highest BCUT2D eigenvalue weighted by Gasteiger charge is 2.05. The van der Waals surface area contributed by atoms with E-state index in [4.69, 9.17) is 4.74 Å². The van der Waals surface area contributed by atoms with Gasteiger partial charge in [0.05, 0.1) is 0 Å². The van der Waals surface area contributed by atoms with Gasteiger partial charge in [0.15, 0.2) is 18.2 Å². The molecule has 0 heterocycles. The molecule has 0 aliphatic rings. The molecular weight excluding hydrogens is 251 g/mol. The average molecular weight is 268 g/mol. The number of amides is 2. The van der Waals surface area contributed by atoms with Crippen LogP contribution in [0.4, 0.5) is 4.39 Å². The summed E-state index contributed by atoms with van der Waals surface area (Å²) in [5.74, 6) is -0.878. The number of hydrogen-bond acceptors (Lipinski definition) is 3. The lowest BCUT2D eigenvalue weighted by Gasteiger charge is -2.08. The summed E-state index contributed by atoms with van der Waals surface area (Å²) < 4.78 is 18.2. The zero-order chi connectivity index (χ0) is 14.1. The van der Waals surface area contributed by atoms with Crippen LogP contribution in [0, 0.1) is 5.82 Å². The molecule has 0 spiro atoms. The predicted octanol–water partition coefficient (Wildman–Crippen LogP) is 0.847. The molecule has 0 aromatic heterocycles. The molecule has 0 saturated carbocycles. The molecule has 0 aliphatic heterocycles. The van der Waals surface area contributed by atoms with Gasteiger partial charge < -0.3 is 15.4 Å². The Kier molecular flexibility index (Phi) is 6.35. The van der Waals surface area contributed by atoms with E-state index in [0.29, 0.717) is 19.5 Å². The number of benzene rings is 1. The van der Waals surface area contributed by atoms with Gasteiger partial charge in [-0.15, -0.1) is 0 Å². The van der Waals surface area contributed by atoms with Crippen molar-refractivity contribution >= 4 is 11.8 Å². The van der Waals surface area contributed by atoms with Crippen molar-refractivity contribution in [3.63, 3.8) is 0 Å². The lowest BCUT2D eigenvalue weighted by Crippen LogP contribution is -2.32. The van der Waals surface area contributed by atoms with Gasteiger partial charge in [-0.25, -0.2) is 4.39 Å². The van der Waals surface area contributed by atoms with Crippen molar-refractivity contribution < 1.29 is 18.7 Å². The number of rotatable bonds is 7. The largest absolute Gasteiger partial charge is 0.481 e. The molecule has 1 aromatic rings. The first-order valence-electron chi connectivity index (χ1n) is 5.98. The standard InChI is InChI=1S/C13H17FN2O3/c1-10(17)15-7-4-8-16-13(18)9-19-12-6-3-2-5-11(12)14/h2-3,5-6H,4,7-9H2,1H3,(H,15,17)(H,16,18). The summed E-state index contributed by atoms with van der Waals surface area (Å²) in [4.78, 5) is 22.0. The van der Waals surface area contributed by atoms with Crippen LogP contribution in [0.5, 0.6) is 5.75 Å². The molecule has 0 unspecified atom stereocenters. The van der Waals surface area contributed by atoms with Crippen LogP contribution in [-0.4, -0.2) is 31.5 Å². The van der Waals surface area contributed by atoms with Gasteiger partial charge in [0.25, 0.3) is 5.91 Å². The molecule has 104 valence electrons. The number of hydrogen-bond donors (Lipinski definition) is 2. The van der Waals surface area contributed by atoms with Gasteiger partial charge in [0, 0.05) is 20.0 Å². The molecule has 5 nitrogen and oxygen atoms in total. The van der Waals surface area contributed by atoms with Crippen molar-refractivity contribution in [2.45, 2.75) is 13.3 Å². The van der Waals surface area contributed by atoms with Crippen LogP contribution in [0.2, 0.25) is 0 Å². The van der Waals surface area contributed by atoms with Crippen LogP contribution >= 0.6 is 0 Å². The second-order valence-corrected chi connectivity index (χ2v) is 3.91. The van der Waals surface area contributed by atoms with Crippen molar-refractivity contribution in [3.8, 4) is 5.75 Å². The molecule has 0 saturated heterocycles. The summed E-state index contributed by atoms with van der Waals surface area (Å²) in [5.41, 5.74) is 0. The third-order valence-corrected chi connectivity index (χ3v) is 2.25. The fraction of sp³-hybridized carbons (Fsp3) is 0.385. The van der Waals surface area contributed by atoms with E-state index in [0.717, 1.165) is 0 Å². The Morgan fingerprint density at radius 2 is 1.89 bits per heavy atom. The Labute approximate surface area is 111 Å². The predicted molar refractivity (Wildman–Crippen MR) is 68.2 cm³/mol. The minimum atomic E-state index is -0.499. The second-order valence-electron chi connectivity index (χ2n) is 3.91. The smallest absolute Gasteiger partial charge is 0.257 e. The summed E-state index contributed by atoms with van der Waals surface area (Å²) in [6, 6.07) is 5.90. The topological polar surface area (TPSA) is 67.4 Å². The van der Waals surface area contributed by atoms with Crippen LogP contribution in [0.15, 0.2) is 24.3 Å². The quantitative estimate of drug-likeness (QED) is 0.720. The zero-order valence-corrected chi connectivity index (χ0v) is 10.7. The molecular formula is C13H17FN2O3. The molecule has 0 aliphatic carbocycles. The van der Waals surface area contributed by atoms with Gasteiger partial charge in [-0.05, 0) is 18.6 Å². The summed E-state index contributed by atoms with van der Waals surface area (Å²) in [5, 5.41) is 5.22. The SMILES string of the molecule is CC(=O)NCCCNC(=O)COc1ccccc1F. The summed E-state index contributed by atoms with van der Waals surface area (Å²) in [7, 11) is 0. The minimum Gasteiger partial charge on any atom is -0.481 e. The van der Waals surface area contributed by atoms with E-state index < -0.39 is 5.82 Å². The van der Waals surface area contributed by atoms with E-state index in [1.54, 1.807) is 12.1 Å². The van der Waals surface area contributed by atoms with E-state index in [1.807, 2.05) is 0 Å². The maximum atomic E-state index is 13.2. The molecule has 2 N–H and O–H groups in total. The lowest BCUT2D eigenvalue weighted by molar-refractivity contribution is -0.123. The van der Waals surface area contributed by atoms with Gasteiger partial charge >= 0.3 is 0 Å². The van der Waals surface area contributed by atoms with Gasteiger partial charge in [-0.2, -0.15) is 0 Å². The van der Waals surface area contributed by atoms with Crippen LogP contribution in [0.1, 0.15) is 13.3 Å². The van der Waals surface area contributed by atoms with E-state index in [2.05, 4.69) is 10.6 Å². The van der Waals surface area contributed by atoms with Gasteiger partial charge in [-0.1, -0.05) is 12.1 Å². The maximum absolute atomic E-state index is 13.2. The highest BCUT2D eigenvalue weighted by molar-refractivity contribution is 5.77. The summed E-state index contributed by atoms with van der Waals surface area (Å²) in [6.07, 6.45) is 0.630. The van der Waals surface area contributed by atoms with Crippen molar-refractivity contribution in [1.29, 1.82) is 0 Å². The Morgan fingerprint density at radius 1 is 1.21 bits per heavy atom. The Hall–Kier alpha value is -2.11. The normalized spacial score (nSPS) is 9.79. The van der Waals surface area contributed by atoms with E-state index in [9.17, 15) is 14.0 Å². The fourth-order valence-electron chi connectivity index (χ4n) is 1.34. The van der Waals surface area contributed by atoms with Crippen molar-refractivity contribution in [2.75, 3.05) is 19.7 Å². The van der Waals surface area contributed by atoms with Crippen LogP contribution in [0.25, 0.3) is 0 Å². The van der Waals surface area contributed by atoms with E-state index >= 15 is 0 Å². The first-order chi connectivity index (χ1) is 9.09. The number of carbonyl (C=O) groups excluding carboxylic acids is 2. The number of carbonyl (C=O) groups is 2. The molecule has 6 heteroatoms. The Bertz CT molecular complexity index is 438. The molecule has 19 heavy (non-hydrogen) atoms. The summed E-state index contributed by atoms with van der Waals surface area (Å²) >= 11 is 0. The van der Waals surface area contributed by atoms with Crippen LogP contribution < -0.4 is 15.4 Å². The molecule has 2 amide bonds. The van der Waals surface area contributed by atoms with Crippen LogP contribution in [-0.2, 0) is 9.59 Å². The first-order valence-corrected chi connectivity index (χ1v) is 5.98. The molecule has 0 bridgehead atoms. The third-order valence-electron chi connectivity index (χ3n) is 2.25.